The zero-order valence-electron chi connectivity index (χ0n) is 19.5. The van der Waals surface area contributed by atoms with Crippen molar-refractivity contribution in [1.29, 1.82) is 0 Å². The fourth-order valence-corrected chi connectivity index (χ4v) is 5.41. The van der Waals surface area contributed by atoms with Crippen LogP contribution in [0.3, 0.4) is 0 Å². The molecule has 1 unspecified atom stereocenters. The molecule has 3 aliphatic rings. The van der Waals surface area contributed by atoms with Crippen molar-refractivity contribution in [1.82, 2.24) is 14.7 Å². The summed E-state index contributed by atoms with van der Waals surface area (Å²) in [6.07, 6.45) is 0.256. The Bertz CT molecular complexity index is 1030. The number of likely N-dealkylation sites (N-methyl/N-ethyl adjacent to an activating group) is 1. The highest BCUT2D eigenvalue weighted by atomic mass is 32.2. The van der Waals surface area contributed by atoms with E-state index in [1.165, 1.54) is 18.9 Å². The van der Waals surface area contributed by atoms with Crippen molar-refractivity contribution in [2.75, 3.05) is 46.9 Å². The Labute approximate surface area is 198 Å². The summed E-state index contributed by atoms with van der Waals surface area (Å²) in [7, 11) is 2.99. The summed E-state index contributed by atoms with van der Waals surface area (Å²) >= 11 is 1.48. The van der Waals surface area contributed by atoms with Crippen molar-refractivity contribution >= 4 is 28.8 Å². The summed E-state index contributed by atoms with van der Waals surface area (Å²) in [6, 6.07) is 7.18. The topological polar surface area (TPSA) is 74.7 Å². The molecule has 9 heteroatoms. The van der Waals surface area contributed by atoms with E-state index in [0.717, 1.165) is 49.2 Å². The maximum absolute atomic E-state index is 13.2. The lowest BCUT2D eigenvalue weighted by molar-refractivity contribution is -0.136. The fraction of sp³-hybridized carbons (Fsp3) is 0.458. The van der Waals surface area contributed by atoms with Crippen LogP contribution in [-0.2, 0) is 14.3 Å². The van der Waals surface area contributed by atoms with Gasteiger partial charge in [0.2, 0.25) is 5.91 Å². The number of rotatable bonds is 6. The van der Waals surface area contributed by atoms with Crippen molar-refractivity contribution in [3.63, 3.8) is 0 Å². The summed E-state index contributed by atoms with van der Waals surface area (Å²) in [5, 5.41) is 2.73. The summed E-state index contributed by atoms with van der Waals surface area (Å²) < 4.78 is 10.5. The number of nitrogens with zero attached hydrogens (tertiary/aromatic N) is 4. The first-order valence-electron chi connectivity index (χ1n) is 11.1. The summed E-state index contributed by atoms with van der Waals surface area (Å²) in [5.41, 5.74) is 2.79. The molecule has 1 aromatic rings. The lowest BCUT2D eigenvalue weighted by Gasteiger charge is -2.37. The lowest BCUT2D eigenvalue weighted by atomic mass is 9.93. The van der Waals surface area contributed by atoms with Crippen LogP contribution in [0.15, 0.2) is 51.6 Å². The Morgan fingerprint density at radius 3 is 2.61 bits per heavy atom. The fourth-order valence-electron chi connectivity index (χ4n) is 4.45. The lowest BCUT2D eigenvalue weighted by Crippen LogP contribution is -2.49. The predicted molar refractivity (Wildman–Crippen MR) is 129 cm³/mol. The first kappa shape index (κ1) is 23.4. The minimum Gasteiger partial charge on any atom is -0.497 e. The van der Waals surface area contributed by atoms with Crippen molar-refractivity contribution < 1.29 is 19.1 Å². The van der Waals surface area contributed by atoms with Crippen LogP contribution in [0.5, 0.6) is 5.75 Å². The zero-order valence-corrected chi connectivity index (χ0v) is 20.4. The molecular weight excluding hydrogens is 440 g/mol. The van der Waals surface area contributed by atoms with Gasteiger partial charge in [-0.05, 0) is 36.6 Å². The van der Waals surface area contributed by atoms with Gasteiger partial charge in [0.15, 0.2) is 5.17 Å². The summed E-state index contributed by atoms with van der Waals surface area (Å²) in [6.45, 7) is 8.23. The molecule has 1 amide bonds. The average molecular weight is 471 g/mol. The number of hydrogen-bond acceptors (Lipinski definition) is 8. The van der Waals surface area contributed by atoms with Crippen LogP contribution in [0.2, 0.25) is 0 Å². The van der Waals surface area contributed by atoms with Gasteiger partial charge in [-0.2, -0.15) is 0 Å². The van der Waals surface area contributed by atoms with Gasteiger partial charge >= 0.3 is 5.97 Å². The second-order valence-corrected chi connectivity index (χ2v) is 8.99. The Morgan fingerprint density at radius 2 is 1.94 bits per heavy atom. The molecule has 1 saturated heterocycles. The number of methoxy groups -OCH3 is 2. The molecule has 176 valence electrons. The summed E-state index contributed by atoms with van der Waals surface area (Å²) in [5.74, 6) is 0.358. The van der Waals surface area contributed by atoms with E-state index in [9.17, 15) is 9.59 Å². The third kappa shape index (κ3) is 4.65. The highest BCUT2D eigenvalue weighted by Gasteiger charge is 2.41. The van der Waals surface area contributed by atoms with Crippen LogP contribution in [0, 0.1) is 0 Å². The van der Waals surface area contributed by atoms with E-state index < -0.39 is 12.0 Å². The molecule has 0 aliphatic carbocycles. The quantitative estimate of drug-likeness (QED) is 0.592. The van der Waals surface area contributed by atoms with E-state index in [0.29, 0.717) is 17.0 Å². The van der Waals surface area contributed by atoms with Gasteiger partial charge in [0.25, 0.3) is 0 Å². The molecule has 0 radical (unpaired) electrons. The monoisotopic (exact) mass is 470 g/mol. The zero-order chi connectivity index (χ0) is 23.5. The number of fused-ring (bicyclic) bond motifs is 1. The van der Waals surface area contributed by atoms with Gasteiger partial charge in [0.05, 0.1) is 38.0 Å². The molecule has 1 fully saturated rings. The van der Waals surface area contributed by atoms with Crippen LogP contribution in [0.25, 0.3) is 0 Å². The van der Waals surface area contributed by atoms with Gasteiger partial charge in [-0.1, -0.05) is 30.8 Å². The Kier molecular flexibility index (Phi) is 7.09. The number of ether oxygens (including phenoxy) is 2. The van der Waals surface area contributed by atoms with Gasteiger partial charge in [-0.25, -0.2) is 9.79 Å². The number of amidine groups is 1. The standard InChI is InChI=1S/C24H30N4O4S/c1-5-26-9-11-27(12-10-26)20(29)14-18-15-33-24-25-16(2)21(23(30)32-4)22(28(18)24)17-7-6-8-19(13-17)31-3/h6-8,13,15,22H,5,9-12,14H2,1-4H3. The summed E-state index contributed by atoms with van der Waals surface area (Å²) in [4.78, 5) is 36.9. The molecule has 3 aliphatic heterocycles. The number of carbonyl (C=O) groups is 2. The van der Waals surface area contributed by atoms with Gasteiger partial charge in [-0.15, -0.1) is 0 Å². The molecule has 8 nitrogen and oxygen atoms in total. The van der Waals surface area contributed by atoms with Crippen LogP contribution >= 0.6 is 11.8 Å². The SMILES string of the molecule is CCN1CCN(C(=O)CC2=CSC3=NC(C)=C(C(=O)OC)C(c4cccc(OC)c4)N23)CC1. The van der Waals surface area contributed by atoms with E-state index in [2.05, 4.69) is 16.8 Å². The number of piperazine rings is 1. The highest BCUT2D eigenvalue weighted by Crippen LogP contribution is 2.45. The molecule has 0 bridgehead atoms. The largest absolute Gasteiger partial charge is 0.497 e. The number of aliphatic imine (C=N–C) groups is 1. The number of allylic oxidation sites excluding steroid dienone is 1. The molecular formula is C24H30N4O4S. The third-order valence-corrected chi connectivity index (χ3v) is 7.21. The molecule has 0 N–H and O–H groups in total. The first-order valence-corrected chi connectivity index (χ1v) is 12.0. The van der Waals surface area contributed by atoms with Gasteiger partial charge in [0, 0.05) is 31.9 Å². The molecule has 1 atom stereocenters. The predicted octanol–water partition coefficient (Wildman–Crippen LogP) is 3.00. The minimum absolute atomic E-state index is 0.0918. The molecule has 0 spiro atoms. The number of hydrogen-bond donors (Lipinski definition) is 0. The smallest absolute Gasteiger partial charge is 0.338 e. The van der Waals surface area contributed by atoms with Crippen molar-refractivity contribution in [3.05, 3.63) is 52.2 Å². The van der Waals surface area contributed by atoms with Gasteiger partial charge < -0.3 is 24.2 Å². The molecule has 3 heterocycles. The average Bonchev–Trinajstić information content (AvgIpc) is 3.24. The Morgan fingerprint density at radius 1 is 1.18 bits per heavy atom. The molecule has 4 rings (SSSR count). The van der Waals surface area contributed by atoms with E-state index in [-0.39, 0.29) is 12.3 Å². The molecule has 0 saturated carbocycles. The molecule has 1 aromatic carbocycles. The van der Waals surface area contributed by atoms with Gasteiger partial charge in [-0.3, -0.25) is 4.79 Å². The van der Waals surface area contributed by atoms with Gasteiger partial charge in [0.1, 0.15) is 5.75 Å². The number of amides is 1. The second-order valence-electron chi connectivity index (χ2n) is 8.15. The number of carbonyl (C=O) groups excluding carboxylic acids is 2. The normalized spacial score (nSPS) is 20.9. The van der Waals surface area contributed by atoms with Crippen LogP contribution in [-0.4, -0.2) is 78.7 Å². The maximum atomic E-state index is 13.2. The van der Waals surface area contributed by atoms with Crippen molar-refractivity contribution in [2.24, 2.45) is 4.99 Å². The van der Waals surface area contributed by atoms with Crippen LogP contribution in [0.1, 0.15) is 31.9 Å². The Balaban J connectivity index is 1.64. The second kappa shape index (κ2) is 10.0. The molecule has 0 aromatic heterocycles. The van der Waals surface area contributed by atoms with E-state index in [1.807, 2.05) is 46.4 Å². The number of thioether (sulfide) groups is 1. The Hall–Kier alpha value is -2.78. The first-order chi connectivity index (χ1) is 16.0. The minimum atomic E-state index is -0.453. The maximum Gasteiger partial charge on any atom is 0.338 e. The molecule has 33 heavy (non-hydrogen) atoms. The van der Waals surface area contributed by atoms with Crippen LogP contribution in [0.4, 0.5) is 0 Å². The van der Waals surface area contributed by atoms with E-state index in [4.69, 9.17) is 9.47 Å². The van der Waals surface area contributed by atoms with Crippen LogP contribution < -0.4 is 4.74 Å². The van der Waals surface area contributed by atoms with E-state index in [1.54, 1.807) is 7.11 Å². The number of esters is 1. The number of benzene rings is 1. The highest BCUT2D eigenvalue weighted by molar-refractivity contribution is 8.16. The third-order valence-electron chi connectivity index (χ3n) is 6.32. The van der Waals surface area contributed by atoms with Crippen molar-refractivity contribution in [2.45, 2.75) is 26.3 Å². The van der Waals surface area contributed by atoms with Crippen molar-refractivity contribution in [3.8, 4) is 5.75 Å². The van der Waals surface area contributed by atoms with E-state index >= 15 is 0 Å².